The van der Waals surface area contributed by atoms with E-state index in [1.54, 1.807) is 16.8 Å². The summed E-state index contributed by atoms with van der Waals surface area (Å²) in [5, 5.41) is 0. The highest BCUT2D eigenvalue weighted by atomic mass is 16.1. The summed E-state index contributed by atoms with van der Waals surface area (Å²) in [5.41, 5.74) is 6.76. The van der Waals surface area contributed by atoms with Gasteiger partial charge in [0.1, 0.15) is 0 Å². The molecule has 0 bridgehead atoms. The molecular weight excluding hydrogens is 264 g/mol. The van der Waals surface area contributed by atoms with Gasteiger partial charge in [-0.2, -0.15) is 0 Å². The van der Waals surface area contributed by atoms with Gasteiger partial charge in [0.25, 0.3) is 5.56 Å². The topological polar surface area (TPSA) is 54.5 Å². The molecule has 0 spiro atoms. The van der Waals surface area contributed by atoms with E-state index in [4.69, 9.17) is 5.73 Å². The summed E-state index contributed by atoms with van der Waals surface area (Å²) in [7, 11) is 6.53. The van der Waals surface area contributed by atoms with Crippen molar-refractivity contribution in [3.05, 3.63) is 28.7 Å². The van der Waals surface area contributed by atoms with E-state index >= 15 is 0 Å². The molecule has 0 radical (unpaired) electrons. The second-order valence-corrected chi connectivity index (χ2v) is 6.56. The van der Waals surface area contributed by atoms with Gasteiger partial charge in [0.2, 0.25) is 0 Å². The summed E-state index contributed by atoms with van der Waals surface area (Å²) in [4.78, 5) is 16.5. The molecule has 0 amide bonds. The fourth-order valence-electron chi connectivity index (χ4n) is 3.15. The van der Waals surface area contributed by atoms with E-state index in [9.17, 15) is 4.79 Å². The molecule has 5 heteroatoms. The Morgan fingerprint density at radius 2 is 2.00 bits per heavy atom. The molecule has 1 aromatic rings. The number of rotatable bonds is 7. The van der Waals surface area contributed by atoms with Crippen LogP contribution in [0.2, 0.25) is 0 Å². The molecule has 2 rings (SSSR count). The van der Waals surface area contributed by atoms with E-state index in [2.05, 4.69) is 30.9 Å². The predicted octanol–water partition coefficient (Wildman–Crippen LogP) is 1.24. The zero-order valence-electron chi connectivity index (χ0n) is 13.5. The van der Waals surface area contributed by atoms with E-state index in [-0.39, 0.29) is 5.56 Å². The van der Waals surface area contributed by atoms with Gasteiger partial charge < -0.3 is 20.1 Å². The molecule has 0 saturated heterocycles. The standard InChI is InChI=1S/C16H28N4O/c1-18(2)16(8-4-9-16)13-19(3)10-5-11-20-12-14(17)6-7-15(20)21/h6-7,12H,4-5,8-11,13,17H2,1-3H3. The van der Waals surface area contributed by atoms with Crippen LogP contribution in [0.1, 0.15) is 25.7 Å². The summed E-state index contributed by atoms with van der Waals surface area (Å²) >= 11 is 0. The van der Waals surface area contributed by atoms with Gasteiger partial charge in [0.15, 0.2) is 0 Å². The number of hydrogen-bond acceptors (Lipinski definition) is 4. The predicted molar refractivity (Wildman–Crippen MR) is 87.5 cm³/mol. The minimum Gasteiger partial charge on any atom is -0.398 e. The van der Waals surface area contributed by atoms with Crippen molar-refractivity contribution in [3.8, 4) is 0 Å². The minimum atomic E-state index is 0.0237. The molecule has 21 heavy (non-hydrogen) atoms. The molecule has 0 aromatic carbocycles. The average Bonchev–Trinajstić information content (AvgIpc) is 2.37. The third-order valence-electron chi connectivity index (χ3n) is 4.74. The van der Waals surface area contributed by atoms with Crippen LogP contribution >= 0.6 is 0 Å². The van der Waals surface area contributed by atoms with E-state index in [0.29, 0.717) is 11.2 Å². The molecular formula is C16H28N4O. The highest BCUT2D eigenvalue weighted by Crippen LogP contribution is 2.36. The van der Waals surface area contributed by atoms with E-state index in [1.165, 1.54) is 25.3 Å². The number of anilines is 1. The number of nitrogens with zero attached hydrogens (tertiary/aromatic N) is 3. The van der Waals surface area contributed by atoms with Crippen LogP contribution in [0.25, 0.3) is 0 Å². The van der Waals surface area contributed by atoms with Crippen molar-refractivity contribution in [2.75, 3.05) is 40.0 Å². The molecule has 0 aliphatic heterocycles. The van der Waals surface area contributed by atoms with Crippen molar-refractivity contribution in [1.82, 2.24) is 14.4 Å². The highest BCUT2D eigenvalue weighted by molar-refractivity contribution is 5.33. The van der Waals surface area contributed by atoms with Crippen LogP contribution in [0.15, 0.2) is 23.1 Å². The second-order valence-electron chi connectivity index (χ2n) is 6.56. The third kappa shape index (κ3) is 3.86. The molecule has 1 heterocycles. The van der Waals surface area contributed by atoms with Crippen molar-refractivity contribution < 1.29 is 0 Å². The maximum Gasteiger partial charge on any atom is 0.250 e. The Hall–Kier alpha value is -1.33. The normalized spacial score (nSPS) is 17.2. The van der Waals surface area contributed by atoms with Crippen molar-refractivity contribution in [2.24, 2.45) is 0 Å². The van der Waals surface area contributed by atoms with E-state index in [0.717, 1.165) is 26.1 Å². The highest BCUT2D eigenvalue weighted by Gasteiger charge is 2.39. The van der Waals surface area contributed by atoms with Gasteiger partial charge in [-0.05, 0) is 59.4 Å². The molecule has 1 saturated carbocycles. The molecule has 0 unspecified atom stereocenters. The van der Waals surface area contributed by atoms with Crippen LogP contribution in [0.5, 0.6) is 0 Å². The lowest BCUT2D eigenvalue weighted by Crippen LogP contribution is -2.56. The summed E-state index contributed by atoms with van der Waals surface area (Å²) in [6.45, 7) is 2.83. The fourth-order valence-corrected chi connectivity index (χ4v) is 3.15. The molecule has 0 atom stereocenters. The Kier molecular flexibility index (Phi) is 5.06. The Morgan fingerprint density at radius 1 is 1.29 bits per heavy atom. The monoisotopic (exact) mass is 292 g/mol. The number of aromatic nitrogens is 1. The molecule has 1 aliphatic carbocycles. The van der Waals surface area contributed by atoms with Crippen molar-refractivity contribution in [3.63, 3.8) is 0 Å². The molecule has 5 nitrogen and oxygen atoms in total. The van der Waals surface area contributed by atoms with Crippen LogP contribution in [0.3, 0.4) is 0 Å². The van der Waals surface area contributed by atoms with Gasteiger partial charge in [-0.25, -0.2) is 0 Å². The van der Waals surface area contributed by atoms with Gasteiger partial charge in [-0.3, -0.25) is 4.79 Å². The van der Waals surface area contributed by atoms with Crippen molar-refractivity contribution in [1.29, 1.82) is 0 Å². The van der Waals surface area contributed by atoms with Crippen LogP contribution in [-0.2, 0) is 6.54 Å². The largest absolute Gasteiger partial charge is 0.398 e. The van der Waals surface area contributed by atoms with Crippen LogP contribution in [0, 0.1) is 0 Å². The minimum absolute atomic E-state index is 0.0237. The van der Waals surface area contributed by atoms with E-state index < -0.39 is 0 Å². The average molecular weight is 292 g/mol. The maximum atomic E-state index is 11.7. The number of aryl methyl sites for hydroxylation is 1. The number of nitrogens with two attached hydrogens (primary N) is 1. The van der Waals surface area contributed by atoms with Gasteiger partial charge >= 0.3 is 0 Å². The number of hydrogen-bond donors (Lipinski definition) is 1. The first-order chi connectivity index (χ1) is 9.93. The SMILES string of the molecule is CN(CCCn1cc(N)ccc1=O)CC1(N(C)C)CCC1. The zero-order chi connectivity index (χ0) is 15.5. The van der Waals surface area contributed by atoms with Gasteiger partial charge in [-0.15, -0.1) is 0 Å². The summed E-state index contributed by atoms with van der Waals surface area (Å²) in [6, 6.07) is 3.19. The lowest BCUT2D eigenvalue weighted by atomic mass is 9.75. The lowest BCUT2D eigenvalue weighted by Gasteiger charge is -2.49. The zero-order valence-corrected chi connectivity index (χ0v) is 13.5. The molecule has 1 aromatic heterocycles. The third-order valence-corrected chi connectivity index (χ3v) is 4.74. The quantitative estimate of drug-likeness (QED) is 0.821. The Balaban J connectivity index is 1.80. The van der Waals surface area contributed by atoms with E-state index in [1.807, 2.05) is 0 Å². The first-order valence-corrected chi connectivity index (χ1v) is 7.75. The Morgan fingerprint density at radius 3 is 2.57 bits per heavy atom. The summed E-state index contributed by atoms with van der Waals surface area (Å²) < 4.78 is 1.70. The van der Waals surface area contributed by atoms with Crippen LogP contribution in [-0.4, -0.2) is 54.1 Å². The maximum absolute atomic E-state index is 11.7. The van der Waals surface area contributed by atoms with Crippen LogP contribution < -0.4 is 11.3 Å². The van der Waals surface area contributed by atoms with Crippen LogP contribution in [0.4, 0.5) is 5.69 Å². The second kappa shape index (κ2) is 6.62. The summed E-state index contributed by atoms with van der Waals surface area (Å²) in [5.74, 6) is 0. The first kappa shape index (κ1) is 16.0. The lowest BCUT2D eigenvalue weighted by molar-refractivity contribution is 0.0274. The Labute approximate surface area is 127 Å². The van der Waals surface area contributed by atoms with Crippen molar-refractivity contribution >= 4 is 5.69 Å². The fraction of sp³-hybridized carbons (Fsp3) is 0.688. The molecule has 2 N–H and O–H groups in total. The smallest absolute Gasteiger partial charge is 0.250 e. The van der Waals surface area contributed by atoms with Gasteiger partial charge in [0.05, 0.1) is 0 Å². The number of pyridine rings is 1. The molecule has 1 fully saturated rings. The molecule has 118 valence electrons. The van der Waals surface area contributed by atoms with Gasteiger partial charge in [0, 0.05) is 36.6 Å². The number of likely N-dealkylation sites (N-methyl/N-ethyl adjacent to an activating group) is 2. The molecule has 1 aliphatic rings. The van der Waals surface area contributed by atoms with Crippen molar-refractivity contribution in [2.45, 2.75) is 37.8 Å². The Bertz CT molecular complexity index is 519. The van der Waals surface area contributed by atoms with Gasteiger partial charge in [-0.1, -0.05) is 0 Å². The first-order valence-electron chi connectivity index (χ1n) is 7.75. The summed E-state index contributed by atoms with van der Waals surface area (Å²) in [6.07, 6.45) is 6.61. The number of nitrogen functional groups attached to an aromatic ring is 1.